The van der Waals surface area contributed by atoms with Gasteiger partial charge in [-0.05, 0) is 0 Å². The van der Waals surface area contributed by atoms with Crippen LogP contribution < -0.4 is 0 Å². The molecule has 0 N–H and O–H groups in total. The van der Waals surface area contributed by atoms with E-state index in [9.17, 15) is 39.5 Å². The summed E-state index contributed by atoms with van der Waals surface area (Å²) in [5.41, 5.74) is 0. The zero-order valence-corrected chi connectivity index (χ0v) is 34.4. The Labute approximate surface area is 298 Å². The minimum absolute atomic E-state index is 0. The van der Waals surface area contributed by atoms with Gasteiger partial charge in [0, 0.05) is 0 Å². The Bertz CT molecular complexity index is 617. The van der Waals surface area contributed by atoms with E-state index in [1.165, 1.54) is 38.5 Å². The molecule has 6 unspecified atom stereocenters. The van der Waals surface area contributed by atoms with Crippen molar-refractivity contribution in [3.05, 3.63) is 46.3 Å². The third-order valence-corrected chi connectivity index (χ3v) is 10.0. The Morgan fingerprint density at radius 3 is 0.696 bits per heavy atom. The molecule has 1 radical (unpaired) electrons. The predicted octanol–water partition coefficient (Wildman–Crippen LogP) is 13.1. The van der Waals surface area contributed by atoms with Gasteiger partial charge < -0.3 is 16.0 Å². The molecule has 46 heavy (non-hydrogen) atoms. The number of rotatable bonds is 12. The van der Waals surface area contributed by atoms with Crippen molar-refractivity contribution in [3.63, 3.8) is 0 Å². The van der Waals surface area contributed by atoms with Crippen molar-refractivity contribution in [1.29, 1.82) is 0 Å². The van der Waals surface area contributed by atoms with Gasteiger partial charge in [-0.1, -0.05) is 122 Å². The van der Waals surface area contributed by atoms with Crippen molar-refractivity contribution in [3.8, 4) is 0 Å². The largest absolute Gasteiger partial charge is 4.00 e. The van der Waals surface area contributed by atoms with E-state index < -0.39 is 29.4 Å². The first-order valence-corrected chi connectivity index (χ1v) is 19.0. The molecule has 0 aliphatic carbocycles. The molecule has 0 heterocycles. The Morgan fingerprint density at radius 1 is 0.457 bits per heavy atom. The average molecular weight is 821 g/mol. The van der Waals surface area contributed by atoms with E-state index in [4.69, 9.17) is 0 Å². The second-order valence-corrected chi connectivity index (χ2v) is 16.0. The molecule has 0 saturated heterocycles. The Kier molecular flexibility index (Phi) is 37.4. The number of hydrogen-bond acceptors (Lipinski definition) is 0. The van der Waals surface area contributed by atoms with E-state index in [2.05, 4.69) is 99.0 Å². The molecule has 3 nitrogen and oxygen atoms in total. The summed E-state index contributed by atoms with van der Waals surface area (Å²) in [6.07, 6.45) is 7.03. The van der Waals surface area contributed by atoms with Gasteiger partial charge in [0.05, 0.1) is 0 Å². The van der Waals surface area contributed by atoms with Crippen LogP contribution in [0, 0.1) is 0 Å². The summed E-state index contributed by atoms with van der Waals surface area (Å²) >= 11 is -7.10. The standard InChI is InChI=1S/3C8H18N.C5H5.C3F9Ge.Zr/c3*1-5-7(3)9-8(4)6-2;1-2-4-5-3-1;4-1(5,6)13(2(7,8)9)3(10,11)12;/h3*7-8H,5-6H2,1-4H3;1-5H;;/q4*-1;;+4. The van der Waals surface area contributed by atoms with Gasteiger partial charge in [-0.15, -0.1) is 36.3 Å². The molecule has 1 aromatic rings. The van der Waals surface area contributed by atoms with Crippen LogP contribution in [0.25, 0.3) is 16.0 Å². The first-order chi connectivity index (χ1) is 20.5. The van der Waals surface area contributed by atoms with Crippen LogP contribution in [-0.2, 0) is 26.2 Å². The van der Waals surface area contributed by atoms with Crippen LogP contribution in [0.3, 0.4) is 0 Å². The van der Waals surface area contributed by atoms with Gasteiger partial charge in [-0.25, -0.2) is 12.1 Å². The maximum Gasteiger partial charge on any atom is 4.00 e. The van der Waals surface area contributed by atoms with E-state index >= 15 is 0 Å². The fourth-order valence-corrected chi connectivity index (χ4v) is 4.76. The fraction of sp³-hybridized carbons (Fsp3) is 0.844. The fourth-order valence-electron chi connectivity index (χ4n) is 2.74. The number of hydrogen-bond donors (Lipinski definition) is 0. The normalized spacial score (nSPS) is 15.3. The monoisotopic (exact) mass is 820 g/mol. The molecule has 0 aliphatic heterocycles. The van der Waals surface area contributed by atoms with Gasteiger partial charge in [0.25, 0.3) is 0 Å². The molecule has 6 atom stereocenters. The van der Waals surface area contributed by atoms with Crippen molar-refractivity contribution in [2.24, 2.45) is 0 Å². The zero-order valence-electron chi connectivity index (χ0n) is 29.8. The molecule has 0 spiro atoms. The summed E-state index contributed by atoms with van der Waals surface area (Å²) in [5, 5.41) is -5.05. The minimum Gasteiger partial charge on any atom is -0.214 e. The predicted molar refractivity (Wildman–Crippen MR) is 175 cm³/mol. The number of nitrogens with zero attached hydrogens (tertiary/aromatic N) is 3. The zero-order chi connectivity index (χ0) is 36.4. The SMILES string of the molecule is CCC(C)[N-]C(C)CC.CCC(C)[N-]C(C)CC.CCC(C)[N-]C(C)CC.F[C](F)(F)[Ge]([C](F)(F)F)[C](F)(F)F.[Zr+4].c1cc[cH-]c1. The van der Waals surface area contributed by atoms with Gasteiger partial charge in [0.2, 0.25) is 0 Å². The first kappa shape index (κ1) is 55.4. The smallest absolute Gasteiger partial charge is 0.214 e. The molecule has 0 bridgehead atoms. The molecule has 1 aromatic carbocycles. The summed E-state index contributed by atoms with van der Waals surface area (Å²) in [6.45, 7) is 26.1. The van der Waals surface area contributed by atoms with Gasteiger partial charge in [0.15, 0.2) is 0 Å². The van der Waals surface area contributed by atoms with E-state index in [0.29, 0.717) is 36.3 Å². The maximum atomic E-state index is 11.3. The topological polar surface area (TPSA) is 42.3 Å². The van der Waals surface area contributed by atoms with E-state index in [0.717, 1.165) is 0 Å². The third-order valence-electron chi connectivity index (χ3n) is 6.48. The second-order valence-electron chi connectivity index (χ2n) is 10.8. The van der Waals surface area contributed by atoms with E-state index in [-0.39, 0.29) is 26.2 Å². The van der Waals surface area contributed by atoms with Crippen LogP contribution in [0.5, 0.6) is 0 Å². The molecule has 0 fully saturated rings. The van der Waals surface area contributed by atoms with Crippen LogP contribution in [0.2, 0.25) is 0 Å². The van der Waals surface area contributed by atoms with Crippen molar-refractivity contribution in [2.45, 2.75) is 173 Å². The van der Waals surface area contributed by atoms with Crippen LogP contribution in [0.15, 0.2) is 30.3 Å². The Hall–Kier alpha value is 0.0260. The Balaban J connectivity index is -0.000000155. The van der Waals surface area contributed by atoms with Gasteiger partial charge >= 0.3 is 95.1 Å². The van der Waals surface area contributed by atoms with Crippen LogP contribution in [0.4, 0.5) is 39.5 Å². The molecule has 273 valence electrons. The molecule has 0 aromatic heterocycles. The summed E-state index contributed by atoms with van der Waals surface area (Å²) in [4.78, 5) is 0. The van der Waals surface area contributed by atoms with Gasteiger partial charge in [-0.3, -0.25) is 0 Å². The summed E-state index contributed by atoms with van der Waals surface area (Å²) in [5.74, 6) is 0. The molecular formula is C32H59F9GeN3Zr. The van der Waals surface area contributed by atoms with Crippen molar-refractivity contribution < 1.29 is 65.7 Å². The van der Waals surface area contributed by atoms with Gasteiger partial charge in [-0.2, -0.15) is 18.2 Å². The van der Waals surface area contributed by atoms with Gasteiger partial charge in [0.1, 0.15) is 0 Å². The average Bonchev–Trinajstić information content (AvgIpc) is 3.51. The molecule has 14 heteroatoms. The van der Waals surface area contributed by atoms with Crippen molar-refractivity contribution >= 4 is 14.3 Å². The quantitative estimate of drug-likeness (QED) is 0.115. The van der Waals surface area contributed by atoms with Crippen LogP contribution in [-0.4, -0.2) is 65.6 Å². The Morgan fingerprint density at radius 2 is 0.630 bits per heavy atom. The molecule has 0 amide bonds. The second kappa shape index (κ2) is 31.0. The van der Waals surface area contributed by atoms with E-state index in [1.807, 2.05) is 30.3 Å². The van der Waals surface area contributed by atoms with Crippen LogP contribution >= 0.6 is 0 Å². The third kappa shape index (κ3) is 36.9. The maximum absolute atomic E-state index is 11.3. The van der Waals surface area contributed by atoms with Crippen molar-refractivity contribution in [1.82, 2.24) is 0 Å². The van der Waals surface area contributed by atoms with Crippen LogP contribution in [0.1, 0.15) is 122 Å². The molecule has 0 saturated carbocycles. The first-order valence-electron chi connectivity index (χ1n) is 15.8. The van der Waals surface area contributed by atoms with E-state index in [1.54, 1.807) is 0 Å². The minimum atomic E-state index is -7.10. The van der Waals surface area contributed by atoms with Crippen molar-refractivity contribution in [2.75, 3.05) is 0 Å². The molecular weight excluding hydrogens is 761 g/mol. The number of alkyl halides is 9. The summed E-state index contributed by atoms with van der Waals surface area (Å²) in [7, 11) is 0. The number of halogens is 9. The molecule has 1 rings (SSSR count). The summed E-state index contributed by atoms with van der Waals surface area (Å²) < 4.78 is 102. The molecule has 0 aliphatic rings. The summed E-state index contributed by atoms with van der Waals surface area (Å²) in [6, 6.07) is 13.3.